The summed E-state index contributed by atoms with van der Waals surface area (Å²) in [4.78, 5) is 31.4. The van der Waals surface area contributed by atoms with Crippen molar-refractivity contribution in [1.82, 2.24) is 0 Å². The van der Waals surface area contributed by atoms with E-state index in [4.69, 9.17) is 11.6 Å². The molecular weight excluding hydrogens is 461 g/mol. The Hall–Kier alpha value is -3.16. The zero-order chi connectivity index (χ0) is 23.2. The van der Waals surface area contributed by atoms with Gasteiger partial charge in [0.1, 0.15) is 11.1 Å². The zero-order valence-electron chi connectivity index (χ0n) is 17.6. The third-order valence-corrected chi connectivity index (χ3v) is 6.36. The molecule has 3 aromatic rings. The van der Waals surface area contributed by atoms with Crippen molar-refractivity contribution in [2.45, 2.75) is 18.1 Å². The molecule has 0 aromatic heterocycles. The van der Waals surface area contributed by atoms with E-state index in [1.165, 1.54) is 36.0 Å². The van der Waals surface area contributed by atoms with Crippen LogP contribution in [-0.4, -0.2) is 28.8 Å². The molecule has 0 aliphatic carbocycles. The van der Waals surface area contributed by atoms with Gasteiger partial charge >= 0.3 is 0 Å². The molecule has 8 heteroatoms. The Labute approximate surface area is 200 Å². The second-order valence-electron chi connectivity index (χ2n) is 7.41. The van der Waals surface area contributed by atoms with Gasteiger partial charge in [0, 0.05) is 23.7 Å². The fourth-order valence-electron chi connectivity index (χ4n) is 3.42. The number of aliphatic imine (C=N–C) groups is 1. The molecule has 0 unspecified atom stereocenters. The van der Waals surface area contributed by atoms with Gasteiger partial charge in [-0.15, -0.1) is 0 Å². The van der Waals surface area contributed by atoms with Gasteiger partial charge in [0.15, 0.2) is 5.17 Å². The molecule has 168 valence electrons. The smallest absolute Gasteiger partial charge is 0.247 e. The van der Waals surface area contributed by atoms with Gasteiger partial charge in [0.05, 0.1) is 5.69 Å². The first-order valence-corrected chi connectivity index (χ1v) is 11.7. The molecule has 0 spiro atoms. The molecule has 1 heterocycles. The fraction of sp³-hybridized carbons (Fsp3) is 0.160. The van der Waals surface area contributed by atoms with Gasteiger partial charge in [-0.2, -0.15) is 0 Å². The van der Waals surface area contributed by atoms with Gasteiger partial charge < -0.3 is 5.32 Å². The van der Waals surface area contributed by atoms with Crippen LogP contribution in [0.2, 0.25) is 5.02 Å². The van der Waals surface area contributed by atoms with Crippen molar-refractivity contribution in [3.05, 3.63) is 95.3 Å². The number of nitrogens with one attached hydrogen (secondary N) is 1. The molecule has 4 rings (SSSR count). The summed E-state index contributed by atoms with van der Waals surface area (Å²) in [6.07, 6.45) is 0.775. The Balaban J connectivity index is 1.51. The average molecular weight is 482 g/mol. The SMILES string of the molecule is O=C1C[C@@H](SC(=NCCc2ccccc2)Nc2cccc(Cl)c2)C(=O)N1c1ccc(F)cc1. The summed E-state index contributed by atoms with van der Waals surface area (Å²) in [7, 11) is 0. The van der Waals surface area contributed by atoms with Crippen LogP contribution in [0.5, 0.6) is 0 Å². The number of halogens is 2. The van der Waals surface area contributed by atoms with E-state index in [0.717, 1.165) is 22.6 Å². The number of anilines is 2. The largest absolute Gasteiger partial charge is 0.335 e. The first-order chi connectivity index (χ1) is 16.0. The van der Waals surface area contributed by atoms with Gasteiger partial charge in [0.2, 0.25) is 11.8 Å². The van der Waals surface area contributed by atoms with E-state index < -0.39 is 11.1 Å². The number of benzene rings is 3. The summed E-state index contributed by atoms with van der Waals surface area (Å²) >= 11 is 7.32. The normalized spacial score (nSPS) is 16.4. The lowest BCUT2D eigenvalue weighted by molar-refractivity contribution is -0.121. The van der Waals surface area contributed by atoms with Crippen molar-refractivity contribution in [2.75, 3.05) is 16.8 Å². The molecule has 3 aromatic carbocycles. The summed E-state index contributed by atoms with van der Waals surface area (Å²) in [6, 6.07) is 22.5. The molecule has 1 aliphatic rings. The molecule has 1 fully saturated rings. The number of thioether (sulfide) groups is 1. The van der Waals surface area contributed by atoms with Crippen LogP contribution in [0.4, 0.5) is 15.8 Å². The maximum atomic E-state index is 13.3. The van der Waals surface area contributed by atoms with Gasteiger partial charge in [-0.1, -0.05) is 59.8 Å². The number of amides is 2. The summed E-state index contributed by atoms with van der Waals surface area (Å²) < 4.78 is 13.3. The summed E-state index contributed by atoms with van der Waals surface area (Å²) in [5.74, 6) is -1.10. The molecule has 1 aliphatic heterocycles. The van der Waals surface area contributed by atoms with Crippen LogP contribution in [0, 0.1) is 5.82 Å². The highest BCUT2D eigenvalue weighted by molar-refractivity contribution is 8.15. The molecule has 5 nitrogen and oxygen atoms in total. The lowest BCUT2D eigenvalue weighted by Crippen LogP contribution is -2.31. The van der Waals surface area contributed by atoms with Crippen LogP contribution in [0.15, 0.2) is 83.9 Å². The number of amidine groups is 1. The molecule has 0 saturated carbocycles. The minimum Gasteiger partial charge on any atom is -0.335 e. The first-order valence-electron chi connectivity index (χ1n) is 10.4. The molecule has 1 saturated heterocycles. The number of nitrogens with zero attached hydrogens (tertiary/aromatic N) is 2. The number of carbonyl (C=O) groups excluding carboxylic acids is 2. The molecule has 0 bridgehead atoms. The molecule has 33 heavy (non-hydrogen) atoms. The predicted molar refractivity (Wildman–Crippen MR) is 132 cm³/mol. The molecule has 0 radical (unpaired) electrons. The van der Waals surface area contributed by atoms with E-state index in [1.54, 1.807) is 12.1 Å². The lowest BCUT2D eigenvalue weighted by Gasteiger charge is -2.16. The molecule has 2 amide bonds. The summed E-state index contributed by atoms with van der Waals surface area (Å²) in [5.41, 5.74) is 2.25. The van der Waals surface area contributed by atoms with Crippen LogP contribution >= 0.6 is 23.4 Å². The second kappa shape index (κ2) is 10.6. The molecule has 1 atom stereocenters. The van der Waals surface area contributed by atoms with Crippen molar-refractivity contribution in [2.24, 2.45) is 4.99 Å². The quantitative estimate of drug-likeness (QED) is 0.284. The van der Waals surface area contributed by atoms with Crippen molar-refractivity contribution in [3.8, 4) is 0 Å². The maximum Gasteiger partial charge on any atom is 0.247 e. The number of imide groups is 1. The number of carbonyl (C=O) groups is 2. The lowest BCUT2D eigenvalue weighted by atomic mass is 10.2. The third kappa shape index (κ3) is 6.00. The summed E-state index contributed by atoms with van der Waals surface area (Å²) in [5, 5.41) is 3.69. The van der Waals surface area contributed by atoms with E-state index in [0.29, 0.717) is 22.4 Å². The van der Waals surface area contributed by atoms with Crippen LogP contribution in [0.25, 0.3) is 0 Å². The Bertz CT molecular complexity index is 1170. The fourth-order valence-corrected chi connectivity index (χ4v) is 4.65. The van der Waals surface area contributed by atoms with Crippen LogP contribution < -0.4 is 10.2 Å². The summed E-state index contributed by atoms with van der Waals surface area (Å²) in [6.45, 7) is 0.510. The highest BCUT2D eigenvalue weighted by atomic mass is 35.5. The van der Waals surface area contributed by atoms with Crippen LogP contribution in [0.3, 0.4) is 0 Å². The van der Waals surface area contributed by atoms with Crippen molar-refractivity contribution in [3.63, 3.8) is 0 Å². The van der Waals surface area contributed by atoms with Gasteiger partial charge in [-0.05, 0) is 54.4 Å². The van der Waals surface area contributed by atoms with Gasteiger partial charge in [0.25, 0.3) is 0 Å². The molecular formula is C25H21ClFN3O2S. The standard InChI is InChI=1S/C25H21ClFN3O2S/c26-18-7-4-8-20(15-18)29-25(28-14-13-17-5-2-1-3-6-17)33-22-16-23(31)30(24(22)32)21-11-9-19(27)10-12-21/h1-12,15,22H,13-14,16H2,(H,28,29)/t22-/m1/s1. The van der Waals surface area contributed by atoms with Gasteiger partial charge in [-0.25, -0.2) is 9.29 Å². The minimum atomic E-state index is -0.635. The second-order valence-corrected chi connectivity index (χ2v) is 9.04. The monoisotopic (exact) mass is 481 g/mol. The highest BCUT2D eigenvalue weighted by Crippen LogP contribution is 2.31. The Morgan fingerprint density at radius 1 is 1.06 bits per heavy atom. The van der Waals surface area contributed by atoms with Gasteiger partial charge in [-0.3, -0.25) is 14.6 Å². The van der Waals surface area contributed by atoms with Crippen LogP contribution in [0.1, 0.15) is 12.0 Å². The number of rotatable bonds is 6. The zero-order valence-corrected chi connectivity index (χ0v) is 19.2. The Morgan fingerprint density at radius 3 is 2.55 bits per heavy atom. The van der Waals surface area contributed by atoms with E-state index >= 15 is 0 Å². The predicted octanol–water partition coefficient (Wildman–Crippen LogP) is 5.56. The maximum absolute atomic E-state index is 13.3. The molecule has 1 N–H and O–H groups in total. The third-order valence-electron chi connectivity index (χ3n) is 5.02. The van der Waals surface area contributed by atoms with Crippen molar-refractivity contribution in [1.29, 1.82) is 0 Å². The van der Waals surface area contributed by atoms with Crippen molar-refractivity contribution >= 4 is 51.7 Å². The van der Waals surface area contributed by atoms with Crippen molar-refractivity contribution < 1.29 is 14.0 Å². The average Bonchev–Trinajstić information content (AvgIpc) is 3.08. The minimum absolute atomic E-state index is 0.0375. The topological polar surface area (TPSA) is 61.8 Å². The van der Waals surface area contributed by atoms with Crippen LogP contribution in [-0.2, 0) is 16.0 Å². The highest BCUT2D eigenvalue weighted by Gasteiger charge is 2.40. The van der Waals surface area contributed by atoms with E-state index in [-0.39, 0.29) is 18.2 Å². The Kier molecular flexibility index (Phi) is 7.42. The Morgan fingerprint density at radius 2 is 1.82 bits per heavy atom. The van der Waals surface area contributed by atoms with E-state index in [2.05, 4.69) is 10.3 Å². The number of hydrogen-bond acceptors (Lipinski definition) is 4. The van der Waals surface area contributed by atoms with E-state index in [1.807, 2.05) is 42.5 Å². The number of hydrogen-bond donors (Lipinski definition) is 1. The first kappa shape index (κ1) is 23.0. The van der Waals surface area contributed by atoms with E-state index in [9.17, 15) is 14.0 Å².